The number of aromatic nitrogens is 1. The third kappa shape index (κ3) is 3.54. The number of nitrogens with zero attached hydrogens (tertiary/aromatic N) is 1. The van der Waals surface area contributed by atoms with Gasteiger partial charge in [-0.15, -0.1) is 0 Å². The molecule has 1 unspecified atom stereocenters. The number of methoxy groups -OCH3 is 1. The molecule has 0 aromatic carbocycles. The molecular weight excluding hydrogens is 360 g/mol. The van der Waals surface area contributed by atoms with Gasteiger partial charge in [0.25, 0.3) is 0 Å². The molecule has 1 atom stereocenters. The monoisotopic (exact) mass is 388 g/mol. The maximum atomic E-state index is 12.7. The molecule has 0 saturated heterocycles. The van der Waals surface area contributed by atoms with E-state index in [1.807, 2.05) is 0 Å². The van der Waals surface area contributed by atoms with Crippen molar-refractivity contribution in [1.29, 1.82) is 0 Å². The van der Waals surface area contributed by atoms with Gasteiger partial charge in [-0.1, -0.05) is 6.07 Å². The summed E-state index contributed by atoms with van der Waals surface area (Å²) in [6.07, 6.45) is 6.58. The van der Waals surface area contributed by atoms with E-state index >= 15 is 0 Å². The van der Waals surface area contributed by atoms with Gasteiger partial charge in [0.05, 0.1) is 13.5 Å². The topological polar surface area (TPSA) is 91.6 Å². The summed E-state index contributed by atoms with van der Waals surface area (Å²) < 4.78 is 11.4. The molecule has 0 aliphatic heterocycles. The number of hydrogen-bond donors (Lipinski definition) is 1. The van der Waals surface area contributed by atoms with E-state index in [2.05, 4.69) is 5.32 Å². The molecule has 4 saturated carbocycles. The lowest BCUT2D eigenvalue weighted by molar-refractivity contribution is -0.614. The van der Waals surface area contributed by atoms with Crippen LogP contribution >= 0.6 is 0 Å². The van der Waals surface area contributed by atoms with Gasteiger partial charge in [0.2, 0.25) is 0 Å². The number of carbonyl (C=O) groups excluding carboxylic acids is 2. The maximum absolute atomic E-state index is 12.7. The van der Waals surface area contributed by atoms with Crippen molar-refractivity contribution in [3.8, 4) is 0 Å². The highest BCUT2D eigenvalue weighted by Gasteiger charge is 2.50. The lowest BCUT2D eigenvalue weighted by Crippen LogP contribution is -2.58. The predicted molar refractivity (Wildman–Crippen MR) is 100.0 cm³/mol. The van der Waals surface area contributed by atoms with Gasteiger partial charge in [-0.3, -0.25) is 0 Å². The van der Waals surface area contributed by atoms with Crippen molar-refractivity contribution < 1.29 is 23.8 Å². The fraction of sp³-hybridized carbons (Fsp3) is 0.667. The van der Waals surface area contributed by atoms with Gasteiger partial charge < -0.3 is 20.0 Å². The minimum atomic E-state index is -1.38. The van der Waals surface area contributed by atoms with E-state index in [4.69, 9.17) is 9.47 Å². The molecule has 1 heterocycles. The Hall–Kier alpha value is -2.31. The van der Waals surface area contributed by atoms with Gasteiger partial charge in [-0.2, -0.15) is 4.73 Å². The molecule has 4 aliphatic rings. The molecule has 7 heteroatoms. The smallest absolute Gasteiger partial charge is 0.408 e. The summed E-state index contributed by atoms with van der Waals surface area (Å²) in [4.78, 5) is 25.1. The Kier molecular flexibility index (Phi) is 4.93. The molecule has 7 nitrogen and oxygen atoms in total. The average Bonchev–Trinajstić information content (AvgIpc) is 2.65. The maximum Gasteiger partial charge on any atom is 0.408 e. The van der Waals surface area contributed by atoms with E-state index in [-0.39, 0.29) is 12.5 Å². The molecule has 4 fully saturated rings. The highest BCUT2D eigenvalue weighted by Crippen LogP contribution is 2.54. The van der Waals surface area contributed by atoms with Crippen LogP contribution in [0.25, 0.3) is 0 Å². The van der Waals surface area contributed by atoms with Crippen molar-refractivity contribution in [3.63, 3.8) is 0 Å². The number of pyridine rings is 1. The number of ether oxygens (including phenoxy) is 2. The molecule has 1 aromatic heterocycles. The Labute approximate surface area is 165 Å². The van der Waals surface area contributed by atoms with Crippen molar-refractivity contribution in [2.24, 2.45) is 23.7 Å². The largest absolute Gasteiger partial charge is 0.619 e. The first-order valence-electron chi connectivity index (χ1n) is 10.1. The number of nitrogens with one attached hydrogen (secondary N) is 1. The van der Waals surface area contributed by atoms with Gasteiger partial charge >= 0.3 is 12.1 Å². The highest BCUT2D eigenvalue weighted by molar-refractivity contribution is 5.85. The van der Waals surface area contributed by atoms with Crippen LogP contribution in [0.3, 0.4) is 0 Å². The van der Waals surface area contributed by atoms with Crippen LogP contribution in [-0.4, -0.2) is 30.8 Å². The first kappa shape index (κ1) is 19.0. The normalized spacial score (nSPS) is 32.4. The third-order valence-electron chi connectivity index (χ3n) is 6.84. The minimum Gasteiger partial charge on any atom is -0.619 e. The summed E-state index contributed by atoms with van der Waals surface area (Å²) in [6.45, 7) is 1.56. The molecule has 1 amide bonds. The Morgan fingerprint density at radius 3 is 2.39 bits per heavy atom. The Bertz CT molecular complexity index is 739. The van der Waals surface area contributed by atoms with Crippen LogP contribution in [0.15, 0.2) is 24.4 Å². The van der Waals surface area contributed by atoms with Crippen molar-refractivity contribution in [2.45, 2.75) is 57.1 Å². The van der Waals surface area contributed by atoms with Gasteiger partial charge in [0.15, 0.2) is 11.9 Å². The van der Waals surface area contributed by atoms with Crippen molar-refractivity contribution in [2.75, 3.05) is 7.11 Å². The van der Waals surface area contributed by atoms with Crippen LogP contribution in [0.5, 0.6) is 0 Å². The number of amides is 1. The zero-order chi connectivity index (χ0) is 19.9. The van der Waals surface area contributed by atoms with Crippen LogP contribution < -0.4 is 10.0 Å². The second kappa shape index (κ2) is 7.26. The Morgan fingerprint density at radius 1 is 1.18 bits per heavy atom. The van der Waals surface area contributed by atoms with Crippen LogP contribution in [0.2, 0.25) is 0 Å². The summed E-state index contributed by atoms with van der Waals surface area (Å²) in [5.74, 6) is 1.83. The van der Waals surface area contributed by atoms with E-state index < -0.39 is 17.6 Å². The molecule has 0 spiro atoms. The average molecular weight is 388 g/mol. The molecule has 1 N–H and O–H groups in total. The standard InChI is InChI=1S/C21H28N2O5/c1-21(19(24)27-2,12-17-5-3-4-6-23(17)26)22-20(25)28-18-15-8-13-7-14(10-15)11-16(18)9-13/h3-6,13-16,18H,7-12H2,1-2H3,(H,22,25). The first-order chi connectivity index (χ1) is 13.4. The minimum absolute atomic E-state index is 0.0147. The molecule has 28 heavy (non-hydrogen) atoms. The SMILES string of the molecule is COC(=O)C(C)(Cc1cccc[n+]1[O-])NC(=O)OC1C2CC3CC(C2)CC1C3. The van der Waals surface area contributed by atoms with E-state index in [1.54, 1.807) is 25.1 Å². The summed E-state index contributed by atoms with van der Waals surface area (Å²) in [7, 11) is 1.27. The van der Waals surface area contributed by atoms with E-state index in [9.17, 15) is 14.8 Å². The van der Waals surface area contributed by atoms with Crippen molar-refractivity contribution >= 4 is 12.1 Å². The van der Waals surface area contributed by atoms with Crippen molar-refractivity contribution in [3.05, 3.63) is 35.3 Å². The number of rotatable bonds is 5. The molecule has 4 bridgehead atoms. The number of hydrogen-bond acceptors (Lipinski definition) is 5. The fourth-order valence-corrected chi connectivity index (χ4v) is 5.80. The van der Waals surface area contributed by atoms with Crippen LogP contribution in [0.1, 0.15) is 44.7 Å². The molecular formula is C21H28N2O5. The van der Waals surface area contributed by atoms with Gasteiger partial charge in [-0.25, -0.2) is 9.59 Å². The summed E-state index contributed by atoms with van der Waals surface area (Å²) in [5.41, 5.74) is -1.02. The molecule has 5 rings (SSSR count). The van der Waals surface area contributed by atoms with E-state index in [1.165, 1.54) is 19.7 Å². The second-order valence-electron chi connectivity index (χ2n) is 8.94. The van der Waals surface area contributed by atoms with Crippen LogP contribution in [0.4, 0.5) is 4.79 Å². The highest BCUT2D eigenvalue weighted by atomic mass is 16.6. The third-order valence-corrected chi connectivity index (χ3v) is 6.84. The lowest BCUT2D eigenvalue weighted by atomic mass is 9.55. The number of carbonyl (C=O) groups is 2. The van der Waals surface area contributed by atoms with Gasteiger partial charge in [-0.05, 0) is 62.7 Å². The van der Waals surface area contributed by atoms with Crippen LogP contribution in [-0.2, 0) is 20.7 Å². The van der Waals surface area contributed by atoms with E-state index in [0.717, 1.165) is 37.5 Å². The summed E-state index contributed by atoms with van der Waals surface area (Å²) >= 11 is 0. The quantitative estimate of drug-likeness (QED) is 0.475. The second-order valence-corrected chi connectivity index (χ2v) is 8.94. The Morgan fingerprint density at radius 2 is 1.82 bits per heavy atom. The van der Waals surface area contributed by atoms with Gasteiger partial charge in [0, 0.05) is 12.1 Å². The van der Waals surface area contributed by atoms with E-state index in [0.29, 0.717) is 22.3 Å². The van der Waals surface area contributed by atoms with Gasteiger partial charge in [0.1, 0.15) is 11.6 Å². The lowest BCUT2D eigenvalue weighted by Gasteiger charge is -2.53. The molecule has 1 aromatic rings. The molecule has 0 radical (unpaired) electrons. The summed E-state index contributed by atoms with van der Waals surface area (Å²) in [5, 5.41) is 14.7. The van der Waals surface area contributed by atoms with Crippen LogP contribution in [0, 0.1) is 28.9 Å². The fourth-order valence-electron chi connectivity index (χ4n) is 5.80. The molecule has 4 aliphatic carbocycles. The zero-order valence-electron chi connectivity index (χ0n) is 16.4. The Balaban J connectivity index is 1.45. The first-order valence-corrected chi connectivity index (χ1v) is 10.1. The summed E-state index contributed by atoms with van der Waals surface area (Å²) in [6, 6.07) is 4.95. The zero-order valence-corrected chi connectivity index (χ0v) is 16.4. The number of alkyl carbamates (subject to hydrolysis) is 1. The predicted octanol–water partition coefficient (Wildman–Crippen LogP) is 2.35. The number of esters is 1. The van der Waals surface area contributed by atoms with Crippen molar-refractivity contribution in [1.82, 2.24) is 5.32 Å². The molecule has 152 valence electrons.